The number of thiazole rings is 1. The number of carbonyl (C=O) groups is 1. The lowest BCUT2D eigenvalue weighted by molar-refractivity contribution is 0.0979. The van der Waals surface area contributed by atoms with Crippen LogP contribution in [0, 0.1) is 12.7 Å². The maximum Gasteiger partial charge on any atom is 0.280 e. The van der Waals surface area contributed by atoms with Crippen molar-refractivity contribution in [2.75, 3.05) is 4.90 Å². The Hall–Kier alpha value is -3.13. The highest BCUT2D eigenvalue weighted by Crippen LogP contribution is 2.31. The Kier molecular flexibility index (Phi) is 4.41. The average molecular weight is 381 g/mol. The van der Waals surface area contributed by atoms with Crippen LogP contribution in [0.2, 0.25) is 0 Å². The summed E-state index contributed by atoms with van der Waals surface area (Å²) in [6.07, 6.45) is 3.38. The number of benzene rings is 1. The molecule has 8 heteroatoms. The lowest BCUT2D eigenvalue weighted by Gasteiger charge is -2.18. The van der Waals surface area contributed by atoms with Gasteiger partial charge < -0.3 is 0 Å². The van der Waals surface area contributed by atoms with Crippen molar-refractivity contribution in [2.24, 2.45) is 7.05 Å². The molecule has 0 aliphatic carbocycles. The second-order valence-electron chi connectivity index (χ2n) is 6.16. The maximum atomic E-state index is 13.5. The summed E-state index contributed by atoms with van der Waals surface area (Å²) in [5.41, 5.74) is 2.73. The first kappa shape index (κ1) is 17.3. The largest absolute Gasteiger partial charge is 0.280 e. The molecule has 3 aromatic heterocycles. The number of rotatable bonds is 4. The Morgan fingerprint density at radius 2 is 2.15 bits per heavy atom. The molecule has 0 N–H and O–H groups in total. The van der Waals surface area contributed by atoms with Gasteiger partial charge in [-0.1, -0.05) is 17.4 Å². The number of pyridine rings is 1. The highest BCUT2D eigenvalue weighted by atomic mass is 32.1. The lowest BCUT2D eigenvalue weighted by Crippen LogP contribution is -2.30. The molecule has 0 radical (unpaired) electrons. The number of fused-ring (bicyclic) bond motifs is 1. The van der Waals surface area contributed by atoms with Gasteiger partial charge in [0.1, 0.15) is 5.82 Å². The molecule has 0 atom stereocenters. The molecule has 27 heavy (non-hydrogen) atoms. The van der Waals surface area contributed by atoms with Crippen LogP contribution in [0.4, 0.5) is 9.52 Å². The molecule has 0 unspecified atom stereocenters. The molecule has 0 aliphatic rings. The van der Waals surface area contributed by atoms with Crippen molar-refractivity contribution in [3.63, 3.8) is 0 Å². The van der Waals surface area contributed by atoms with Crippen LogP contribution in [-0.2, 0) is 13.6 Å². The van der Waals surface area contributed by atoms with Gasteiger partial charge >= 0.3 is 0 Å². The van der Waals surface area contributed by atoms with Crippen LogP contribution in [0.5, 0.6) is 0 Å². The van der Waals surface area contributed by atoms with Gasteiger partial charge in [0.2, 0.25) is 0 Å². The van der Waals surface area contributed by atoms with Gasteiger partial charge in [0.15, 0.2) is 10.8 Å². The molecule has 0 saturated heterocycles. The van der Waals surface area contributed by atoms with Crippen LogP contribution in [0.1, 0.15) is 21.7 Å². The fourth-order valence-electron chi connectivity index (χ4n) is 2.71. The van der Waals surface area contributed by atoms with Crippen LogP contribution < -0.4 is 4.90 Å². The van der Waals surface area contributed by atoms with E-state index < -0.39 is 0 Å². The second kappa shape index (κ2) is 6.88. The summed E-state index contributed by atoms with van der Waals surface area (Å²) < 4.78 is 15.9. The normalized spacial score (nSPS) is 11.1. The van der Waals surface area contributed by atoms with E-state index in [9.17, 15) is 9.18 Å². The van der Waals surface area contributed by atoms with Crippen molar-refractivity contribution in [2.45, 2.75) is 13.5 Å². The van der Waals surface area contributed by atoms with Crippen molar-refractivity contribution >= 4 is 32.6 Å². The van der Waals surface area contributed by atoms with Gasteiger partial charge in [0.05, 0.1) is 16.8 Å². The SMILES string of the molecule is Cc1cc(C(=O)N(Cc2cccnc2)c2nc3ccc(F)cc3s2)nn1C. The predicted octanol–water partition coefficient (Wildman–Crippen LogP) is 3.72. The Balaban J connectivity index is 1.77. The third kappa shape index (κ3) is 3.43. The van der Waals surface area contributed by atoms with Crippen LogP contribution in [0.25, 0.3) is 10.2 Å². The van der Waals surface area contributed by atoms with Gasteiger partial charge in [-0.15, -0.1) is 0 Å². The summed E-state index contributed by atoms with van der Waals surface area (Å²) in [7, 11) is 1.79. The molecule has 4 aromatic rings. The summed E-state index contributed by atoms with van der Waals surface area (Å²) in [5.74, 6) is -0.592. The number of amides is 1. The predicted molar refractivity (Wildman–Crippen MR) is 102 cm³/mol. The number of aromatic nitrogens is 4. The molecule has 3 heterocycles. The number of halogens is 1. The van der Waals surface area contributed by atoms with E-state index >= 15 is 0 Å². The van der Waals surface area contributed by atoms with Crippen molar-refractivity contribution in [1.82, 2.24) is 19.7 Å². The summed E-state index contributed by atoms with van der Waals surface area (Å²) in [5, 5.41) is 4.79. The van der Waals surface area contributed by atoms with Gasteiger partial charge in [0.25, 0.3) is 5.91 Å². The Bertz CT molecular complexity index is 1100. The molecule has 0 bridgehead atoms. The fourth-order valence-corrected chi connectivity index (χ4v) is 3.69. The molecule has 0 aliphatic heterocycles. The van der Waals surface area contributed by atoms with E-state index in [1.807, 2.05) is 19.1 Å². The van der Waals surface area contributed by atoms with Gasteiger partial charge in [-0.3, -0.25) is 19.4 Å². The monoisotopic (exact) mass is 381 g/mol. The summed E-state index contributed by atoms with van der Waals surface area (Å²) in [4.78, 5) is 23.4. The van der Waals surface area contributed by atoms with E-state index in [4.69, 9.17) is 0 Å². The summed E-state index contributed by atoms with van der Waals surface area (Å²) in [6, 6.07) is 9.85. The number of hydrogen-bond acceptors (Lipinski definition) is 5. The molecule has 0 saturated carbocycles. The van der Waals surface area contributed by atoms with Crippen molar-refractivity contribution in [3.05, 3.63) is 71.6 Å². The van der Waals surface area contributed by atoms with Gasteiger partial charge in [0, 0.05) is 25.1 Å². The molecular weight excluding hydrogens is 365 g/mol. The zero-order valence-electron chi connectivity index (χ0n) is 14.8. The van der Waals surface area contributed by atoms with Gasteiger partial charge in [-0.05, 0) is 42.8 Å². The van der Waals surface area contributed by atoms with E-state index in [2.05, 4.69) is 15.1 Å². The standard InChI is InChI=1S/C19H16FN5OS/c1-12-8-16(23-24(12)2)18(26)25(11-13-4-3-7-21-10-13)19-22-15-6-5-14(20)9-17(15)27-19/h3-10H,11H2,1-2H3. The average Bonchev–Trinajstić information content (AvgIpc) is 3.23. The minimum absolute atomic E-state index is 0.262. The Labute approximate surface area is 158 Å². The second-order valence-corrected chi connectivity index (χ2v) is 7.16. The molecule has 6 nitrogen and oxygen atoms in total. The van der Waals surface area contributed by atoms with E-state index in [0.717, 1.165) is 11.3 Å². The zero-order chi connectivity index (χ0) is 19.0. The summed E-state index contributed by atoms with van der Waals surface area (Å²) >= 11 is 1.27. The lowest BCUT2D eigenvalue weighted by atomic mass is 10.2. The van der Waals surface area contributed by atoms with E-state index in [0.29, 0.717) is 27.6 Å². The van der Waals surface area contributed by atoms with Crippen LogP contribution in [-0.4, -0.2) is 25.7 Å². The van der Waals surface area contributed by atoms with Crippen molar-refractivity contribution in [3.8, 4) is 0 Å². The van der Waals surface area contributed by atoms with Gasteiger partial charge in [-0.2, -0.15) is 5.10 Å². The first-order valence-electron chi connectivity index (χ1n) is 8.29. The number of hydrogen-bond donors (Lipinski definition) is 0. The molecule has 136 valence electrons. The number of anilines is 1. The highest BCUT2D eigenvalue weighted by molar-refractivity contribution is 7.22. The third-order valence-electron chi connectivity index (χ3n) is 4.21. The minimum atomic E-state index is -0.330. The molecule has 4 rings (SSSR count). The number of aryl methyl sites for hydroxylation is 2. The van der Waals surface area contributed by atoms with Crippen LogP contribution >= 0.6 is 11.3 Å². The zero-order valence-corrected chi connectivity index (χ0v) is 15.6. The minimum Gasteiger partial charge on any atom is -0.278 e. The van der Waals surface area contributed by atoms with E-state index in [1.54, 1.807) is 41.2 Å². The van der Waals surface area contributed by atoms with Crippen LogP contribution in [0.15, 0.2) is 48.8 Å². The molecule has 0 fully saturated rings. The van der Waals surface area contributed by atoms with Gasteiger partial charge in [-0.25, -0.2) is 9.37 Å². The highest BCUT2D eigenvalue weighted by Gasteiger charge is 2.24. The van der Waals surface area contributed by atoms with Crippen molar-refractivity contribution in [1.29, 1.82) is 0 Å². The Morgan fingerprint density at radius 3 is 2.85 bits per heavy atom. The number of nitrogens with zero attached hydrogens (tertiary/aromatic N) is 5. The maximum absolute atomic E-state index is 13.5. The third-order valence-corrected chi connectivity index (χ3v) is 5.25. The molecular formula is C19H16FN5OS. The quantitative estimate of drug-likeness (QED) is 0.540. The Morgan fingerprint density at radius 1 is 1.30 bits per heavy atom. The van der Waals surface area contributed by atoms with Crippen molar-refractivity contribution < 1.29 is 9.18 Å². The molecule has 1 amide bonds. The first-order valence-corrected chi connectivity index (χ1v) is 9.10. The van der Waals surface area contributed by atoms with E-state index in [1.165, 1.54) is 23.5 Å². The number of carbonyl (C=O) groups excluding carboxylic acids is 1. The molecule has 1 aromatic carbocycles. The first-order chi connectivity index (χ1) is 13.0. The smallest absolute Gasteiger partial charge is 0.278 e. The fraction of sp³-hybridized carbons (Fsp3) is 0.158. The topological polar surface area (TPSA) is 63.9 Å². The molecule has 0 spiro atoms. The van der Waals surface area contributed by atoms with E-state index in [-0.39, 0.29) is 11.7 Å². The summed E-state index contributed by atoms with van der Waals surface area (Å²) in [6.45, 7) is 2.18. The van der Waals surface area contributed by atoms with Crippen LogP contribution in [0.3, 0.4) is 0 Å².